The molecule has 1 rings (SSSR count). The van der Waals surface area contributed by atoms with Gasteiger partial charge in [0.15, 0.2) is 0 Å². The van der Waals surface area contributed by atoms with E-state index < -0.39 is 0 Å². The summed E-state index contributed by atoms with van der Waals surface area (Å²) >= 11 is 2.08. The first kappa shape index (κ1) is 5.49. The molecule has 0 N–H and O–H groups in total. The highest BCUT2D eigenvalue weighted by Crippen LogP contribution is 2.27. The Bertz CT molecular complexity index is 46.1. The van der Waals surface area contributed by atoms with Gasteiger partial charge in [-0.2, -0.15) is 11.8 Å². The molecule has 1 saturated heterocycles. The minimum atomic E-state index is 0.903. The fraction of sp³-hybridized carbons (Fsp3) is 0.833. The van der Waals surface area contributed by atoms with E-state index in [1.165, 1.54) is 18.6 Å². The van der Waals surface area contributed by atoms with Crippen molar-refractivity contribution in [2.75, 3.05) is 5.75 Å². The first-order valence-electron chi connectivity index (χ1n) is 2.84. The van der Waals surface area contributed by atoms with Crippen LogP contribution in [0.5, 0.6) is 0 Å². The number of rotatable bonds is 1. The summed E-state index contributed by atoms with van der Waals surface area (Å²) in [7, 11) is 0. The average molecular weight is 115 g/mol. The van der Waals surface area contributed by atoms with Gasteiger partial charge in [0.1, 0.15) is 0 Å². The van der Waals surface area contributed by atoms with Crippen LogP contribution in [0.15, 0.2) is 0 Å². The summed E-state index contributed by atoms with van der Waals surface area (Å²) in [6.45, 7) is 3.85. The molecule has 0 amide bonds. The van der Waals surface area contributed by atoms with E-state index in [0.29, 0.717) is 0 Å². The molecular formula is C6H11S. The second kappa shape index (κ2) is 2.61. The van der Waals surface area contributed by atoms with Crippen LogP contribution in [-0.2, 0) is 0 Å². The van der Waals surface area contributed by atoms with E-state index in [0.717, 1.165) is 11.7 Å². The first-order valence-corrected chi connectivity index (χ1v) is 3.89. The maximum atomic E-state index is 3.85. The Morgan fingerprint density at radius 2 is 2.57 bits per heavy atom. The van der Waals surface area contributed by atoms with Crippen molar-refractivity contribution in [3.63, 3.8) is 0 Å². The van der Waals surface area contributed by atoms with Crippen molar-refractivity contribution in [2.24, 2.45) is 0 Å². The molecule has 1 aliphatic rings. The first-order chi connectivity index (χ1) is 3.43. The lowest BCUT2D eigenvalue weighted by atomic mass is 10.2. The maximum Gasteiger partial charge on any atom is 0.00473 e. The highest BCUT2D eigenvalue weighted by molar-refractivity contribution is 8.00. The Kier molecular flexibility index (Phi) is 2.04. The largest absolute Gasteiger partial charge is 0.159 e. The highest BCUT2D eigenvalue weighted by atomic mass is 32.2. The zero-order chi connectivity index (χ0) is 5.11. The Labute approximate surface area is 49.7 Å². The van der Waals surface area contributed by atoms with E-state index in [9.17, 15) is 0 Å². The molecule has 1 unspecified atom stereocenters. The van der Waals surface area contributed by atoms with Gasteiger partial charge in [0.2, 0.25) is 0 Å². The Morgan fingerprint density at radius 3 is 2.86 bits per heavy atom. The molecule has 0 spiro atoms. The molecule has 0 aromatic carbocycles. The second-order valence-electron chi connectivity index (χ2n) is 1.92. The lowest BCUT2D eigenvalue weighted by molar-refractivity contribution is 0.790. The van der Waals surface area contributed by atoms with Crippen LogP contribution in [0.2, 0.25) is 0 Å². The van der Waals surface area contributed by atoms with Gasteiger partial charge in [-0.15, -0.1) is 0 Å². The van der Waals surface area contributed by atoms with Crippen molar-refractivity contribution in [3.05, 3.63) is 6.92 Å². The summed E-state index contributed by atoms with van der Waals surface area (Å²) in [6.07, 6.45) is 3.96. The van der Waals surface area contributed by atoms with E-state index in [1.807, 2.05) is 0 Å². The Balaban J connectivity index is 2.14. The molecule has 0 nitrogen and oxygen atoms in total. The van der Waals surface area contributed by atoms with Gasteiger partial charge < -0.3 is 0 Å². The van der Waals surface area contributed by atoms with Gasteiger partial charge in [-0.3, -0.25) is 0 Å². The van der Waals surface area contributed by atoms with Crippen molar-refractivity contribution < 1.29 is 0 Å². The van der Waals surface area contributed by atoms with Crippen molar-refractivity contribution >= 4 is 11.8 Å². The van der Waals surface area contributed by atoms with Crippen molar-refractivity contribution in [2.45, 2.75) is 24.5 Å². The number of thioether (sulfide) groups is 1. The monoisotopic (exact) mass is 115 g/mol. The van der Waals surface area contributed by atoms with Crippen LogP contribution in [0, 0.1) is 6.92 Å². The molecule has 7 heavy (non-hydrogen) atoms. The van der Waals surface area contributed by atoms with E-state index in [2.05, 4.69) is 18.7 Å². The summed E-state index contributed by atoms with van der Waals surface area (Å²) in [5, 5.41) is 0.903. The van der Waals surface area contributed by atoms with Crippen LogP contribution in [0.4, 0.5) is 0 Å². The molecule has 0 aromatic rings. The van der Waals surface area contributed by atoms with Gasteiger partial charge in [0, 0.05) is 5.25 Å². The maximum absolute atomic E-state index is 3.85. The van der Waals surface area contributed by atoms with E-state index in [-0.39, 0.29) is 0 Å². The molecule has 0 aliphatic carbocycles. The molecule has 41 valence electrons. The molecule has 0 bridgehead atoms. The third kappa shape index (κ3) is 1.37. The van der Waals surface area contributed by atoms with Gasteiger partial charge in [-0.1, -0.05) is 6.92 Å². The van der Waals surface area contributed by atoms with Crippen LogP contribution in [0.25, 0.3) is 0 Å². The lowest BCUT2D eigenvalue weighted by Gasteiger charge is -1.99. The topological polar surface area (TPSA) is 0 Å². The minimum absolute atomic E-state index is 0.903. The Morgan fingerprint density at radius 1 is 1.71 bits per heavy atom. The smallest absolute Gasteiger partial charge is 0.00473 e. The van der Waals surface area contributed by atoms with Crippen LogP contribution in [-0.4, -0.2) is 11.0 Å². The van der Waals surface area contributed by atoms with Gasteiger partial charge in [-0.05, 0) is 25.0 Å². The fourth-order valence-corrected chi connectivity index (χ4v) is 2.04. The summed E-state index contributed by atoms with van der Waals surface area (Å²) in [4.78, 5) is 0. The molecule has 1 aliphatic heterocycles. The summed E-state index contributed by atoms with van der Waals surface area (Å²) < 4.78 is 0. The average Bonchev–Trinajstić information content (AvgIpc) is 2.14. The van der Waals surface area contributed by atoms with Crippen molar-refractivity contribution in [3.8, 4) is 0 Å². The third-order valence-electron chi connectivity index (χ3n) is 1.35. The molecule has 1 radical (unpaired) electrons. The second-order valence-corrected chi connectivity index (χ2v) is 3.33. The van der Waals surface area contributed by atoms with E-state index in [1.54, 1.807) is 0 Å². The van der Waals surface area contributed by atoms with Crippen LogP contribution in [0.3, 0.4) is 0 Å². The predicted molar refractivity (Wildman–Crippen MR) is 35.5 cm³/mol. The van der Waals surface area contributed by atoms with Gasteiger partial charge in [0.05, 0.1) is 0 Å². The fourth-order valence-electron chi connectivity index (χ4n) is 0.872. The van der Waals surface area contributed by atoms with Gasteiger partial charge in [-0.25, -0.2) is 0 Å². The SMILES string of the molecule is [CH2]CC1CCCS1. The minimum Gasteiger partial charge on any atom is -0.159 e. The van der Waals surface area contributed by atoms with Crippen molar-refractivity contribution in [1.29, 1.82) is 0 Å². The predicted octanol–water partition coefficient (Wildman–Crippen LogP) is 2.11. The molecular weight excluding hydrogens is 104 g/mol. The summed E-state index contributed by atoms with van der Waals surface area (Å²) in [5.74, 6) is 1.38. The quantitative estimate of drug-likeness (QED) is 0.504. The molecule has 1 atom stereocenters. The third-order valence-corrected chi connectivity index (χ3v) is 2.81. The Hall–Kier alpha value is 0.350. The summed E-state index contributed by atoms with van der Waals surface area (Å²) in [5.41, 5.74) is 0. The number of hydrogen-bond acceptors (Lipinski definition) is 1. The zero-order valence-corrected chi connectivity index (χ0v) is 5.34. The molecule has 0 saturated carbocycles. The summed E-state index contributed by atoms with van der Waals surface area (Å²) in [6, 6.07) is 0. The molecule has 1 fully saturated rings. The molecule has 1 heterocycles. The van der Waals surface area contributed by atoms with E-state index >= 15 is 0 Å². The zero-order valence-electron chi connectivity index (χ0n) is 4.52. The lowest BCUT2D eigenvalue weighted by Crippen LogP contribution is -1.90. The van der Waals surface area contributed by atoms with Gasteiger partial charge in [0.25, 0.3) is 0 Å². The van der Waals surface area contributed by atoms with E-state index in [4.69, 9.17) is 0 Å². The standard InChI is InChI=1S/C6H11S/c1-2-6-4-3-5-7-6/h6H,1-5H2. The normalized spacial score (nSPS) is 31.3. The van der Waals surface area contributed by atoms with Crippen LogP contribution < -0.4 is 0 Å². The van der Waals surface area contributed by atoms with Crippen molar-refractivity contribution in [1.82, 2.24) is 0 Å². The van der Waals surface area contributed by atoms with Crippen LogP contribution >= 0.6 is 11.8 Å². The molecule has 0 aromatic heterocycles. The molecule has 1 heteroatoms. The van der Waals surface area contributed by atoms with Gasteiger partial charge >= 0.3 is 0 Å². The van der Waals surface area contributed by atoms with Crippen LogP contribution in [0.1, 0.15) is 19.3 Å². The highest BCUT2D eigenvalue weighted by Gasteiger charge is 2.11. The number of hydrogen-bond donors (Lipinski definition) is 0.